The van der Waals surface area contributed by atoms with E-state index in [4.69, 9.17) is 9.84 Å². The number of hydrogen-bond donors (Lipinski definition) is 1. The van der Waals surface area contributed by atoms with E-state index in [1.165, 1.54) is 0 Å². The average molecular weight is 291 g/mol. The molecule has 0 aromatic heterocycles. The summed E-state index contributed by atoms with van der Waals surface area (Å²) in [5.41, 5.74) is 1.45. The molecule has 21 heavy (non-hydrogen) atoms. The molecule has 1 atom stereocenters. The second-order valence-corrected chi connectivity index (χ2v) is 6.24. The van der Waals surface area contributed by atoms with Gasteiger partial charge in [-0.3, -0.25) is 4.79 Å². The van der Waals surface area contributed by atoms with Gasteiger partial charge in [0, 0.05) is 12.1 Å². The maximum Gasteiger partial charge on any atom is 0.334 e. The number of aliphatic carboxylic acids is 1. The zero-order chi connectivity index (χ0) is 15.6. The first-order chi connectivity index (χ1) is 9.80. The molecule has 0 radical (unpaired) electrons. The Morgan fingerprint density at radius 3 is 2.57 bits per heavy atom. The molecule has 1 saturated heterocycles. The molecule has 5 nitrogen and oxygen atoms in total. The van der Waals surface area contributed by atoms with Crippen molar-refractivity contribution in [2.75, 3.05) is 19.7 Å². The Kier molecular flexibility index (Phi) is 4.32. The molecule has 1 aromatic carbocycles. The van der Waals surface area contributed by atoms with E-state index in [9.17, 15) is 9.59 Å². The van der Waals surface area contributed by atoms with Gasteiger partial charge in [0.1, 0.15) is 0 Å². The van der Waals surface area contributed by atoms with Crippen LogP contribution in [0, 0.1) is 0 Å². The number of amides is 1. The van der Waals surface area contributed by atoms with Gasteiger partial charge in [-0.25, -0.2) is 4.79 Å². The molecule has 1 fully saturated rings. The first kappa shape index (κ1) is 15.5. The summed E-state index contributed by atoms with van der Waals surface area (Å²) in [5, 5.41) is 9.03. The zero-order valence-electron chi connectivity index (χ0n) is 12.6. The van der Waals surface area contributed by atoms with E-state index in [0.29, 0.717) is 12.1 Å². The van der Waals surface area contributed by atoms with Gasteiger partial charge in [0.15, 0.2) is 6.10 Å². The van der Waals surface area contributed by atoms with Crippen LogP contribution in [-0.2, 0) is 14.9 Å². The maximum absolute atomic E-state index is 12.7. The van der Waals surface area contributed by atoms with Crippen molar-refractivity contribution in [3.63, 3.8) is 0 Å². The molecular formula is C16H21NO4. The lowest BCUT2D eigenvalue weighted by molar-refractivity contribution is -0.154. The lowest BCUT2D eigenvalue weighted by Crippen LogP contribution is -2.48. The van der Waals surface area contributed by atoms with Gasteiger partial charge in [0.2, 0.25) is 0 Å². The number of morpholine rings is 1. The number of hydrogen-bond acceptors (Lipinski definition) is 3. The molecule has 0 unspecified atom stereocenters. The minimum Gasteiger partial charge on any atom is -0.479 e. The number of carboxylic acids is 1. The second kappa shape index (κ2) is 5.85. The minimum atomic E-state index is -1.03. The van der Waals surface area contributed by atoms with Crippen LogP contribution in [0.3, 0.4) is 0 Å². The molecule has 0 spiro atoms. The van der Waals surface area contributed by atoms with Crippen LogP contribution >= 0.6 is 0 Å². The first-order valence-electron chi connectivity index (χ1n) is 7.04. The number of nitrogens with zero attached hydrogens (tertiary/aromatic N) is 1. The Morgan fingerprint density at radius 1 is 1.29 bits per heavy atom. The fraction of sp³-hybridized carbons (Fsp3) is 0.500. The third kappa shape index (κ3) is 3.42. The van der Waals surface area contributed by atoms with Crippen LogP contribution in [0.1, 0.15) is 36.7 Å². The van der Waals surface area contributed by atoms with Crippen molar-refractivity contribution in [1.82, 2.24) is 4.90 Å². The third-order valence-corrected chi connectivity index (χ3v) is 3.59. The highest BCUT2D eigenvalue weighted by Crippen LogP contribution is 2.27. The topological polar surface area (TPSA) is 66.8 Å². The number of carboxylic acid groups (broad SMARTS) is 1. The van der Waals surface area contributed by atoms with Crippen molar-refractivity contribution >= 4 is 11.9 Å². The Hall–Kier alpha value is -1.88. The standard InChI is InChI=1S/C16H21NO4/c1-16(2,3)12-7-5-4-6-11(12)14(18)17-8-9-21-13(10-17)15(19)20/h4-7,13H,8-10H2,1-3H3,(H,19,20)/t13-/m1/s1. The van der Waals surface area contributed by atoms with Crippen LogP contribution < -0.4 is 0 Å². The van der Waals surface area contributed by atoms with Crippen molar-refractivity contribution in [1.29, 1.82) is 0 Å². The molecule has 1 aliphatic heterocycles. The average Bonchev–Trinajstić information content (AvgIpc) is 2.45. The van der Waals surface area contributed by atoms with E-state index in [0.717, 1.165) is 5.56 Å². The summed E-state index contributed by atoms with van der Waals surface area (Å²) in [6.45, 7) is 6.92. The van der Waals surface area contributed by atoms with Gasteiger partial charge in [0.05, 0.1) is 13.2 Å². The Morgan fingerprint density at radius 2 is 1.95 bits per heavy atom. The fourth-order valence-corrected chi connectivity index (χ4v) is 2.48. The van der Waals surface area contributed by atoms with Crippen molar-refractivity contribution in [3.8, 4) is 0 Å². The van der Waals surface area contributed by atoms with Gasteiger partial charge in [-0.05, 0) is 17.0 Å². The fourth-order valence-electron chi connectivity index (χ4n) is 2.48. The number of benzene rings is 1. The monoisotopic (exact) mass is 291 g/mol. The van der Waals surface area contributed by atoms with E-state index < -0.39 is 12.1 Å². The third-order valence-electron chi connectivity index (χ3n) is 3.59. The number of carbonyl (C=O) groups is 2. The van der Waals surface area contributed by atoms with Gasteiger partial charge < -0.3 is 14.7 Å². The lowest BCUT2D eigenvalue weighted by atomic mass is 9.83. The molecule has 0 aliphatic carbocycles. The van der Waals surface area contributed by atoms with Gasteiger partial charge in [-0.2, -0.15) is 0 Å². The Bertz CT molecular complexity index is 547. The van der Waals surface area contributed by atoms with Gasteiger partial charge in [-0.1, -0.05) is 39.0 Å². The summed E-state index contributed by atoms with van der Waals surface area (Å²) in [7, 11) is 0. The van der Waals surface area contributed by atoms with E-state index in [1.807, 2.05) is 18.2 Å². The van der Waals surface area contributed by atoms with Crippen LogP contribution in [0.15, 0.2) is 24.3 Å². The predicted octanol–water partition coefficient (Wildman–Crippen LogP) is 1.91. The van der Waals surface area contributed by atoms with Crippen molar-refractivity contribution in [2.24, 2.45) is 0 Å². The van der Waals surface area contributed by atoms with E-state index in [2.05, 4.69) is 20.8 Å². The van der Waals surface area contributed by atoms with Crippen LogP contribution in [0.25, 0.3) is 0 Å². The first-order valence-corrected chi connectivity index (χ1v) is 7.04. The quantitative estimate of drug-likeness (QED) is 0.904. The van der Waals surface area contributed by atoms with Crippen molar-refractivity contribution in [2.45, 2.75) is 32.3 Å². The summed E-state index contributed by atoms with van der Waals surface area (Å²) < 4.78 is 5.16. The normalized spacial score (nSPS) is 19.4. The lowest BCUT2D eigenvalue weighted by Gasteiger charge is -2.32. The Labute approximate surface area is 124 Å². The summed E-state index contributed by atoms with van der Waals surface area (Å²) in [6, 6.07) is 7.49. The summed E-state index contributed by atoms with van der Waals surface area (Å²) in [6.07, 6.45) is -0.940. The maximum atomic E-state index is 12.7. The highest BCUT2D eigenvalue weighted by atomic mass is 16.5. The number of carbonyl (C=O) groups excluding carboxylic acids is 1. The van der Waals surface area contributed by atoms with E-state index >= 15 is 0 Å². The van der Waals surface area contributed by atoms with Crippen molar-refractivity contribution in [3.05, 3.63) is 35.4 Å². The highest BCUT2D eigenvalue weighted by molar-refractivity contribution is 5.96. The largest absolute Gasteiger partial charge is 0.479 e. The molecule has 114 valence electrons. The molecule has 1 N–H and O–H groups in total. The zero-order valence-corrected chi connectivity index (χ0v) is 12.6. The molecule has 1 amide bonds. The highest BCUT2D eigenvalue weighted by Gasteiger charge is 2.31. The number of ether oxygens (including phenoxy) is 1. The smallest absolute Gasteiger partial charge is 0.334 e. The van der Waals surface area contributed by atoms with Crippen LogP contribution in [0.2, 0.25) is 0 Å². The van der Waals surface area contributed by atoms with Crippen LogP contribution in [-0.4, -0.2) is 47.7 Å². The van der Waals surface area contributed by atoms with E-state index in [1.54, 1.807) is 11.0 Å². The minimum absolute atomic E-state index is 0.0899. The summed E-state index contributed by atoms with van der Waals surface area (Å²) in [4.78, 5) is 25.3. The molecule has 5 heteroatoms. The molecule has 1 heterocycles. The Balaban J connectivity index is 2.26. The van der Waals surface area contributed by atoms with Crippen LogP contribution in [0.4, 0.5) is 0 Å². The number of rotatable bonds is 2. The second-order valence-electron chi connectivity index (χ2n) is 6.24. The predicted molar refractivity (Wildman–Crippen MR) is 78.4 cm³/mol. The molecule has 1 aromatic rings. The summed E-state index contributed by atoms with van der Waals surface area (Å²) in [5.74, 6) is -1.16. The molecule has 2 rings (SSSR count). The van der Waals surface area contributed by atoms with Crippen LogP contribution in [0.5, 0.6) is 0 Å². The molecule has 0 bridgehead atoms. The molecular weight excluding hydrogens is 270 g/mol. The molecule has 0 saturated carbocycles. The van der Waals surface area contributed by atoms with Gasteiger partial charge in [0.25, 0.3) is 5.91 Å². The summed E-state index contributed by atoms with van der Waals surface area (Å²) >= 11 is 0. The van der Waals surface area contributed by atoms with Gasteiger partial charge in [-0.15, -0.1) is 0 Å². The molecule has 1 aliphatic rings. The van der Waals surface area contributed by atoms with Crippen molar-refractivity contribution < 1.29 is 19.4 Å². The van der Waals surface area contributed by atoms with E-state index in [-0.39, 0.29) is 24.5 Å². The van der Waals surface area contributed by atoms with Gasteiger partial charge >= 0.3 is 5.97 Å². The SMILES string of the molecule is CC(C)(C)c1ccccc1C(=O)N1CCO[C@@H](C(=O)O)C1.